The number of thiophene rings is 1. The van der Waals surface area contributed by atoms with Crippen LogP contribution in [0.2, 0.25) is 0 Å². The fraction of sp³-hybridized carbons (Fsp3) is 0.789. The van der Waals surface area contributed by atoms with Crippen molar-refractivity contribution in [1.82, 2.24) is 9.80 Å². The summed E-state index contributed by atoms with van der Waals surface area (Å²) in [6, 6.07) is 4.49. The van der Waals surface area contributed by atoms with Gasteiger partial charge >= 0.3 is 0 Å². The van der Waals surface area contributed by atoms with E-state index >= 15 is 0 Å². The van der Waals surface area contributed by atoms with Crippen molar-refractivity contribution in [2.75, 3.05) is 45.9 Å². The number of nitrogens with zero attached hydrogens (tertiary/aromatic N) is 2. The standard InChI is InChI=1S/C19H30N2O2S/c1-16-4-5-18(24-16)13-21-10-11-22-15-19(14-21)7-6-17(23-19)12-20-8-2-3-9-20/h4-5,17H,2-3,6-15H2,1H3/t17-,19+/m1/s1. The lowest BCUT2D eigenvalue weighted by molar-refractivity contribution is -0.0913. The van der Waals surface area contributed by atoms with Gasteiger partial charge in [0, 0.05) is 35.9 Å². The second-order valence-electron chi connectivity index (χ2n) is 7.74. The lowest BCUT2D eigenvalue weighted by Gasteiger charge is -2.32. The maximum absolute atomic E-state index is 6.60. The molecular weight excluding hydrogens is 320 g/mol. The maximum atomic E-state index is 6.60. The molecule has 134 valence electrons. The van der Waals surface area contributed by atoms with Crippen LogP contribution in [-0.4, -0.2) is 67.4 Å². The lowest BCUT2D eigenvalue weighted by Crippen LogP contribution is -2.45. The summed E-state index contributed by atoms with van der Waals surface area (Å²) < 4.78 is 12.5. The summed E-state index contributed by atoms with van der Waals surface area (Å²) >= 11 is 1.91. The van der Waals surface area contributed by atoms with Crippen LogP contribution < -0.4 is 0 Å². The summed E-state index contributed by atoms with van der Waals surface area (Å²) in [7, 11) is 0. The molecule has 0 amide bonds. The number of aryl methyl sites for hydroxylation is 1. The van der Waals surface area contributed by atoms with Crippen molar-refractivity contribution in [3.05, 3.63) is 21.9 Å². The molecule has 0 bridgehead atoms. The van der Waals surface area contributed by atoms with E-state index in [4.69, 9.17) is 9.47 Å². The summed E-state index contributed by atoms with van der Waals surface area (Å²) in [4.78, 5) is 7.97. The quantitative estimate of drug-likeness (QED) is 0.834. The second-order valence-corrected chi connectivity index (χ2v) is 9.12. The molecule has 0 N–H and O–H groups in total. The zero-order valence-electron chi connectivity index (χ0n) is 14.8. The third kappa shape index (κ3) is 4.02. The normalized spacial score (nSPS) is 32.6. The van der Waals surface area contributed by atoms with Gasteiger partial charge in [-0.2, -0.15) is 0 Å². The molecular formula is C19H30N2O2S. The van der Waals surface area contributed by atoms with Gasteiger partial charge in [0.15, 0.2) is 0 Å². The van der Waals surface area contributed by atoms with Crippen LogP contribution in [0.4, 0.5) is 0 Å². The molecule has 1 aromatic rings. The van der Waals surface area contributed by atoms with Crippen LogP contribution in [0.1, 0.15) is 35.4 Å². The largest absolute Gasteiger partial charge is 0.377 e. The van der Waals surface area contributed by atoms with Gasteiger partial charge in [0.25, 0.3) is 0 Å². The third-order valence-corrected chi connectivity index (χ3v) is 6.59. The van der Waals surface area contributed by atoms with Crippen LogP contribution in [-0.2, 0) is 16.0 Å². The van der Waals surface area contributed by atoms with Crippen molar-refractivity contribution in [2.45, 2.75) is 50.9 Å². The van der Waals surface area contributed by atoms with E-state index in [1.165, 1.54) is 42.1 Å². The zero-order valence-corrected chi connectivity index (χ0v) is 15.7. The number of hydrogen-bond acceptors (Lipinski definition) is 5. The SMILES string of the molecule is Cc1ccc(CN2CCOC[C@]3(CC[C@H](CN4CCCC4)O3)C2)s1. The van der Waals surface area contributed by atoms with E-state index in [9.17, 15) is 0 Å². The topological polar surface area (TPSA) is 24.9 Å². The highest BCUT2D eigenvalue weighted by Crippen LogP contribution is 2.34. The van der Waals surface area contributed by atoms with Gasteiger partial charge in [0.2, 0.25) is 0 Å². The molecule has 4 rings (SSSR count). The molecule has 0 radical (unpaired) electrons. The molecule has 4 nitrogen and oxygen atoms in total. The molecule has 5 heteroatoms. The van der Waals surface area contributed by atoms with E-state index in [2.05, 4.69) is 28.9 Å². The molecule has 0 aliphatic carbocycles. The van der Waals surface area contributed by atoms with E-state index in [0.717, 1.165) is 45.8 Å². The van der Waals surface area contributed by atoms with Crippen LogP contribution in [0.15, 0.2) is 12.1 Å². The minimum Gasteiger partial charge on any atom is -0.377 e. The van der Waals surface area contributed by atoms with Gasteiger partial charge in [-0.15, -0.1) is 11.3 Å². The predicted molar refractivity (Wildman–Crippen MR) is 97.7 cm³/mol. The Bertz CT molecular complexity index is 543. The van der Waals surface area contributed by atoms with Gasteiger partial charge in [0.05, 0.1) is 19.3 Å². The van der Waals surface area contributed by atoms with Crippen LogP contribution >= 0.6 is 11.3 Å². The number of hydrogen-bond donors (Lipinski definition) is 0. The molecule has 3 aliphatic rings. The summed E-state index contributed by atoms with van der Waals surface area (Å²) in [6.07, 6.45) is 5.44. The van der Waals surface area contributed by atoms with Crippen LogP contribution in [0.3, 0.4) is 0 Å². The summed E-state index contributed by atoms with van der Waals surface area (Å²) in [5.41, 5.74) is -0.0762. The molecule has 0 saturated carbocycles. The van der Waals surface area contributed by atoms with Crippen molar-refractivity contribution >= 4 is 11.3 Å². The average molecular weight is 351 g/mol. The number of likely N-dealkylation sites (tertiary alicyclic amines) is 1. The van der Waals surface area contributed by atoms with Crippen LogP contribution in [0.25, 0.3) is 0 Å². The van der Waals surface area contributed by atoms with Crippen molar-refractivity contribution in [3.8, 4) is 0 Å². The Balaban J connectivity index is 1.36. The molecule has 24 heavy (non-hydrogen) atoms. The average Bonchev–Trinajstić information content (AvgIpc) is 3.25. The molecule has 0 aromatic carbocycles. The van der Waals surface area contributed by atoms with E-state index in [1.807, 2.05) is 11.3 Å². The molecule has 3 saturated heterocycles. The van der Waals surface area contributed by atoms with Crippen molar-refractivity contribution < 1.29 is 9.47 Å². The Morgan fingerprint density at radius 3 is 2.88 bits per heavy atom. The Morgan fingerprint density at radius 1 is 1.21 bits per heavy atom. The minimum absolute atomic E-state index is 0.0762. The van der Waals surface area contributed by atoms with Crippen LogP contribution in [0, 0.1) is 6.92 Å². The summed E-state index contributed by atoms with van der Waals surface area (Å²) in [5, 5.41) is 0. The van der Waals surface area contributed by atoms with Gasteiger partial charge in [-0.1, -0.05) is 0 Å². The first-order valence-electron chi connectivity index (χ1n) is 9.46. The van der Waals surface area contributed by atoms with E-state index in [0.29, 0.717) is 6.10 Å². The molecule has 3 aliphatic heterocycles. The number of rotatable bonds is 4. The number of ether oxygens (including phenoxy) is 2. The molecule has 0 unspecified atom stereocenters. The van der Waals surface area contributed by atoms with Gasteiger partial charge in [0.1, 0.15) is 5.60 Å². The van der Waals surface area contributed by atoms with Crippen molar-refractivity contribution in [3.63, 3.8) is 0 Å². The Labute approximate surface area is 149 Å². The molecule has 1 spiro atoms. The lowest BCUT2D eigenvalue weighted by atomic mass is 10.00. The Morgan fingerprint density at radius 2 is 2.08 bits per heavy atom. The molecule has 2 atom stereocenters. The second kappa shape index (κ2) is 7.42. The smallest absolute Gasteiger partial charge is 0.105 e. The molecule has 1 aromatic heterocycles. The first-order valence-corrected chi connectivity index (χ1v) is 10.3. The Hall–Kier alpha value is -0.460. The Kier molecular flexibility index (Phi) is 5.25. The highest BCUT2D eigenvalue weighted by molar-refractivity contribution is 7.11. The first-order chi connectivity index (χ1) is 11.7. The van der Waals surface area contributed by atoms with E-state index in [-0.39, 0.29) is 5.60 Å². The van der Waals surface area contributed by atoms with Crippen molar-refractivity contribution in [2.24, 2.45) is 0 Å². The van der Waals surface area contributed by atoms with E-state index in [1.54, 1.807) is 0 Å². The van der Waals surface area contributed by atoms with Gasteiger partial charge in [-0.3, -0.25) is 4.90 Å². The van der Waals surface area contributed by atoms with Crippen molar-refractivity contribution in [1.29, 1.82) is 0 Å². The van der Waals surface area contributed by atoms with Gasteiger partial charge in [-0.05, 0) is 57.8 Å². The fourth-order valence-electron chi connectivity index (χ4n) is 4.41. The van der Waals surface area contributed by atoms with Crippen LogP contribution in [0.5, 0.6) is 0 Å². The predicted octanol–water partition coefficient (Wildman–Crippen LogP) is 2.90. The molecule has 3 fully saturated rings. The third-order valence-electron chi connectivity index (χ3n) is 5.60. The van der Waals surface area contributed by atoms with Gasteiger partial charge in [-0.25, -0.2) is 0 Å². The highest BCUT2D eigenvalue weighted by Gasteiger charge is 2.43. The fourth-order valence-corrected chi connectivity index (χ4v) is 5.34. The van der Waals surface area contributed by atoms with Gasteiger partial charge < -0.3 is 14.4 Å². The highest BCUT2D eigenvalue weighted by atomic mass is 32.1. The maximum Gasteiger partial charge on any atom is 0.105 e. The molecule has 4 heterocycles. The monoisotopic (exact) mass is 350 g/mol. The zero-order chi connectivity index (χ0) is 16.4. The summed E-state index contributed by atoms with van der Waals surface area (Å²) in [6.45, 7) is 10.5. The minimum atomic E-state index is -0.0762. The summed E-state index contributed by atoms with van der Waals surface area (Å²) in [5.74, 6) is 0. The first kappa shape index (κ1) is 17.0. The van der Waals surface area contributed by atoms with E-state index < -0.39 is 0 Å².